The van der Waals surface area contributed by atoms with E-state index in [1.54, 1.807) is 0 Å². The summed E-state index contributed by atoms with van der Waals surface area (Å²) in [6.07, 6.45) is -1.86. The van der Waals surface area contributed by atoms with Crippen LogP contribution in [0.3, 0.4) is 0 Å². The van der Waals surface area contributed by atoms with E-state index in [9.17, 15) is 18.3 Å². The van der Waals surface area contributed by atoms with E-state index in [1.807, 2.05) is 13.8 Å². The zero-order valence-electron chi connectivity index (χ0n) is 9.32. The molecule has 1 fully saturated rings. The fourth-order valence-electron chi connectivity index (χ4n) is 2.73. The molecule has 0 aromatic heterocycles. The van der Waals surface area contributed by atoms with E-state index in [0.717, 1.165) is 19.3 Å². The Kier molecular flexibility index (Phi) is 3.39. The standard InChI is InChI=1S/C11H19F3O/c1-3-5-9(4-2)6-7-10(15,8-9)11(12,13)14/h15H,3-8H2,1-2H3. The lowest BCUT2D eigenvalue weighted by molar-refractivity contribution is -0.260. The lowest BCUT2D eigenvalue weighted by atomic mass is 9.78. The zero-order chi connectivity index (χ0) is 11.7. The van der Waals surface area contributed by atoms with E-state index < -0.39 is 11.8 Å². The molecule has 1 rings (SSSR count). The minimum absolute atomic E-state index is 0.117. The molecule has 90 valence electrons. The monoisotopic (exact) mass is 224 g/mol. The van der Waals surface area contributed by atoms with Crippen molar-refractivity contribution in [2.45, 2.75) is 64.1 Å². The van der Waals surface area contributed by atoms with Gasteiger partial charge in [0.25, 0.3) is 0 Å². The van der Waals surface area contributed by atoms with Gasteiger partial charge < -0.3 is 5.11 Å². The third-order valence-corrected chi connectivity index (χ3v) is 3.79. The van der Waals surface area contributed by atoms with Gasteiger partial charge in [-0.15, -0.1) is 0 Å². The average Bonchev–Trinajstić information content (AvgIpc) is 2.46. The molecule has 1 nitrogen and oxygen atoms in total. The zero-order valence-corrected chi connectivity index (χ0v) is 9.32. The molecule has 1 aliphatic carbocycles. The molecule has 0 aliphatic heterocycles. The maximum Gasteiger partial charge on any atom is 0.417 e. The van der Waals surface area contributed by atoms with Crippen molar-refractivity contribution < 1.29 is 18.3 Å². The predicted molar refractivity (Wildman–Crippen MR) is 52.5 cm³/mol. The molecule has 2 unspecified atom stereocenters. The number of alkyl halides is 3. The molecule has 1 aliphatic rings. The summed E-state index contributed by atoms with van der Waals surface area (Å²) in [5.41, 5.74) is -2.72. The van der Waals surface area contributed by atoms with Gasteiger partial charge in [-0.3, -0.25) is 0 Å². The smallest absolute Gasteiger partial charge is 0.380 e. The Balaban J connectivity index is 2.80. The van der Waals surface area contributed by atoms with Gasteiger partial charge in [0.05, 0.1) is 0 Å². The molecule has 1 N–H and O–H groups in total. The number of hydrogen-bond donors (Lipinski definition) is 1. The van der Waals surface area contributed by atoms with Gasteiger partial charge in [-0.1, -0.05) is 26.7 Å². The predicted octanol–water partition coefficient (Wildman–Crippen LogP) is 3.66. The second kappa shape index (κ2) is 3.96. The molecular formula is C11H19F3O. The Labute approximate surface area is 88.7 Å². The Hall–Kier alpha value is -0.250. The molecule has 0 aromatic rings. The summed E-state index contributed by atoms with van der Waals surface area (Å²) < 4.78 is 37.8. The number of rotatable bonds is 3. The van der Waals surface area contributed by atoms with Crippen LogP contribution in [0.25, 0.3) is 0 Å². The van der Waals surface area contributed by atoms with Crippen molar-refractivity contribution in [1.82, 2.24) is 0 Å². The van der Waals surface area contributed by atoms with Crippen molar-refractivity contribution in [3.05, 3.63) is 0 Å². The molecule has 0 aromatic carbocycles. The molecule has 2 atom stereocenters. The van der Waals surface area contributed by atoms with Crippen LogP contribution in [-0.2, 0) is 0 Å². The van der Waals surface area contributed by atoms with Gasteiger partial charge in [0.1, 0.15) is 0 Å². The quantitative estimate of drug-likeness (QED) is 0.775. The maximum absolute atomic E-state index is 12.6. The maximum atomic E-state index is 12.6. The summed E-state index contributed by atoms with van der Waals surface area (Å²) >= 11 is 0. The lowest BCUT2D eigenvalue weighted by Gasteiger charge is -2.31. The average molecular weight is 224 g/mol. The van der Waals surface area contributed by atoms with Crippen LogP contribution in [0.1, 0.15) is 52.4 Å². The third-order valence-electron chi connectivity index (χ3n) is 3.79. The SMILES string of the molecule is CCCC1(CC)CCC(O)(C(F)(F)F)C1. The molecule has 0 bridgehead atoms. The summed E-state index contributed by atoms with van der Waals surface area (Å²) in [5.74, 6) is 0. The van der Waals surface area contributed by atoms with Crippen LogP contribution in [0.4, 0.5) is 13.2 Å². The van der Waals surface area contributed by atoms with E-state index in [2.05, 4.69) is 0 Å². The third kappa shape index (κ3) is 2.30. The fourth-order valence-corrected chi connectivity index (χ4v) is 2.73. The highest BCUT2D eigenvalue weighted by atomic mass is 19.4. The van der Waals surface area contributed by atoms with Crippen LogP contribution >= 0.6 is 0 Å². The fraction of sp³-hybridized carbons (Fsp3) is 1.00. The van der Waals surface area contributed by atoms with Gasteiger partial charge in [-0.25, -0.2) is 0 Å². The summed E-state index contributed by atoms with van der Waals surface area (Å²) in [6, 6.07) is 0. The van der Waals surface area contributed by atoms with Crippen molar-refractivity contribution >= 4 is 0 Å². The summed E-state index contributed by atoms with van der Waals surface area (Å²) in [7, 11) is 0. The largest absolute Gasteiger partial charge is 0.417 e. The van der Waals surface area contributed by atoms with Crippen LogP contribution < -0.4 is 0 Å². The van der Waals surface area contributed by atoms with E-state index in [-0.39, 0.29) is 18.3 Å². The molecule has 0 saturated heterocycles. The minimum Gasteiger partial charge on any atom is -0.380 e. The topological polar surface area (TPSA) is 20.2 Å². The summed E-state index contributed by atoms with van der Waals surface area (Å²) in [5, 5.41) is 9.60. The molecular weight excluding hydrogens is 205 g/mol. The van der Waals surface area contributed by atoms with E-state index in [4.69, 9.17) is 0 Å². The second-order valence-electron chi connectivity index (χ2n) is 4.81. The van der Waals surface area contributed by atoms with Crippen LogP contribution in [-0.4, -0.2) is 16.9 Å². The van der Waals surface area contributed by atoms with Crippen molar-refractivity contribution in [1.29, 1.82) is 0 Å². The summed E-state index contributed by atoms with van der Waals surface area (Å²) in [6.45, 7) is 3.89. The Morgan fingerprint density at radius 1 is 1.20 bits per heavy atom. The van der Waals surface area contributed by atoms with E-state index in [0.29, 0.717) is 6.42 Å². The Morgan fingerprint density at radius 2 is 1.80 bits per heavy atom. The first-order valence-electron chi connectivity index (χ1n) is 5.58. The van der Waals surface area contributed by atoms with Gasteiger partial charge in [-0.05, 0) is 31.1 Å². The molecule has 0 radical (unpaired) electrons. The minimum atomic E-state index is -4.47. The molecule has 15 heavy (non-hydrogen) atoms. The van der Waals surface area contributed by atoms with Crippen molar-refractivity contribution in [2.24, 2.45) is 5.41 Å². The molecule has 0 heterocycles. The van der Waals surface area contributed by atoms with Gasteiger partial charge in [0.2, 0.25) is 0 Å². The highest BCUT2D eigenvalue weighted by molar-refractivity contribution is 5.01. The molecule has 1 saturated carbocycles. The van der Waals surface area contributed by atoms with E-state index in [1.165, 1.54) is 0 Å². The van der Waals surface area contributed by atoms with Gasteiger partial charge in [0, 0.05) is 0 Å². The van der Waals surface area contributed by atoms with Gasteiger partial charge >= 0.3 is 6.18 Å². The Morgan fingerprint density at radius 3 is 2.13 bits per heavy atom. The normalized spacial score (nSPS) is 37.2. The van der Waals surface area contributed by atoms with Crippen molar-refractivity contribution in [3.8, 4) is 0 Å². The first-order chi connectivity index (χ1) is 6.79. The van der Waals surface area contributed by atoms with Crippen molar-refractivity contribution in [2.75, 3.05) is 0 Å². The second-order valence-corrected chi connectivity index (χ2v) is 4.81. The van der Waals surface area contributed by atoms with Crippen LogP contribution in [0.5, 0.6) is 0 Å². The van der Waals surface area contributed by atoms with Crippen LogP contribution in [0, 0.1) is 5.41 Å². The van der Waals surface area contributed by atoms with Gasteiger partial charge in [-0.2, -0.15) is 13.2 Å². The first kappa shape index (κ1) is 12.8. The number of halogens is 3. The highest BCUT2D eigenvalue weighted by Gasteiger charge is 2.60. The number of hydrogen-bond acceptors (Lipinski definition) is 1. The molecule has 0 spiro atoms. The number of aliphatic hydroxyl groups is 1. The molecule has 4 heteroatoms. The van der Waals surface area contributed by atoms with Crippen molar-refractivity contribution in [3.63, 3.8) is 0 Å². The van der Waals surface area contributed by atoms with Crippen LogP contribution in [0.2, 0.25) is 0 Å². The van der Waals surface area contributed by atoms with Crippen LogP contribution in [0.15, 0.2) is 0 Å². The highest BCUT2D eigenvalue weighted by Crippen LogP contribution is 2.54. The Bertz CT molecular complexity index is 226. The first-order valence-corrected chi connectivity index (χ1v) is 5.58. The summed E-state index contributed by atoms with van der Waals surface area (Å²) in [4.78, 5) is 0. The van der Waals surface area contributed by atoms with E-state index >= 15 is 0 Å². The lowest BCUT2D eigenvalue weighted by Crippen LogP contribution is -2.43. The molecule has 0 amide bonds. The van der Waals surface area contributed by atoms with Gasteiger partial charge in [0.15, 0.2) is 5.60 Å².